The zero-order chi connectivity index (χ0) is 12.6. The molecule has 0 saturated heterocycles. The SMILES string of the molecule is CC(C)(C)c1cc(ON)cc(C(C)(C)C)c1.Cl. The molecule has 2 N–H and O–H groups in total. The van der Waals surface area contributed by atoms with Gasteiger partial charge >= 0.3 is 0 Å². The Morgan fingerprint density at radius 2 is 1.18 bits per heavy atom. The topological polar surface area (TPSA) is 35.2 Å². The second kappa shape index (κ2) is 5.28. The molecule has 0 unspecified atom stereocenters. The molecule has 2 nitrogen and oxygen atoms in total. The summed E-state index contributed by atoms with van der Waals surface area (Å²) in [6.45, 7) is 13.1. The molecule has 0 spiro atoms. The van der Waals surface area contributed by atoms with E-state index >= 15 is 0 Å². The summed E-state index contributed by atoms with van der Waals surface area (Å²) in [6.07, 6.45) is 0. The number of rotatable bonds is 1. The molecule has 0 saturated carbocycles. The first-order valence-electron chi connectivity index (χ1n) is 5.67. The van der Waals surface area contributed by atoms with E-state index in [9.17, 15) is 0 Å². The van der Waals surface area contributed by atoms with Gasteiger partial charge in [-0.05, 0) is 34.1 Å². The van der Waals surface area contributed by atoms with Crippen LogP contribution in [0.5, 0.6) is 5.75 Å². The van der Waals surface area contributed by atoms with Crippen molar-refractivity contribution in [2.75, 3.05) is 0 Å². The maximum absolute atomic E-state index is 5.27. The van der Waals surface area contributed by atoms with Gasteiger partial charge in [0.05, 0.1) is 0 Å². The smallest absolute Gasteiger partial charge is 0.147 e. The molecule has 0 radical (unpaired) electrons. The van der Waals surface area contributed by atoms with E-state index in [2.05, 4.69) is 47.6 Å². The molecule has 1 aromatic carbocycles. The molecular weight excluding hydrogens is 234 g/mol. The number of halogens is 1. The first kappa shape index (κ1) is 16.3. The summed E-state index contributed by atoms with van der Waals surface area (Å²) in [7, 11) is 0. The molecule has 0 aliphatic heterocycles. The molecule has 1 aromatic rings. The van der Waals surface area contributed by atoms with Crippen molar-refractivity contribution in [3.8, 4) is 5.75 Å². The van der Waals surface area contributed by atoms with Crippen LogP contribution in [0.1, 0.15) is 52.7 Å². The lowest BCUT2D eigenvalue weighted by molar-refractivity contribution is 0.332. The lowest BCUT2D eigenvalue weighted by Crippen LogP contribution is -2.17. The normalized spacial score (nSPS) is 11.9. The highest BCUT2D eigenvalue weighted by Gasteiger charge is 2.20. The first-order chi connectivity index (χ1) is 7.14. The van der Waals surface area contributed by atoms with E-state index < -0.39 is 0 Å². The van der Waals surface area contributed by atoms with E-state index in [1.807, 2.05) is 12.1 Å². The highest BCUT2D eigenvalue weighted by Crippen LogP contribution is 2.32. The van der Waals surface area contributed by atoms with Crippen molar-refractivity contribution in [1.82, 2.24) is 0 Å². The standard InChI is InChI=1S/C14H23NO.ClH/c1-13(2,3)10-7-11(14(4,5)6)9-12(8-10)16-15;/h7-9H,15H2,1-6H3;1H. The van der Waals surface area contributed by atoms with Crippen LogP contribution >= 0.6 is 12.4 Å². The molecule has 3 heteroatoms. The lowest BCUT2D eigenvalue weighted by Gasteiger charge is -2.25. The minimum atomic E-state index is 0. The minimum Gasteiger partial charge on any atom is -0.412 e. The van der Waals surface area contributed by atoms with Crippen molar-refractivity contribution in [2.24, 2.45) is 5.90 Å². The molecule has 0 aliphatic rings. The van der Waals surface area contributed by atoms with Gasteiger partial charge < -0.3 is 4.84 Å². The summed E-state index contributed by atoms with van der Waals surface area (Å²) in [6, 6.07) is 6.26. The van der Waals surface area contributed by atoms with Gasteiger partial charge in [-0.1, -0.05) is 47.6 Å². The van der Waals surface area contributed by atoms with Crippen molar-refractivity contribution in [3.05, 3.63) is 29.3 Å². The Balaban J connectivity index is 0.00000256. The van der Waals surface area contributed by atoms with Crippen LogP contribution in [0.3, 0.4) is 0 Å². The van der Waals surface area contributed by atoms with Gasteiger partial charge in [0.25, 0.3) is 0 Å². The maximum Gasteiger partial charge on any atom is 0.147 e. The second-order valence-electron chi connectivity index (χ2n) is 6.36. The molecule has 17 heavy (non-hydrogen) atoms. The van der Waals surface area contributed by atoms with Crippen LogP contribution in [0.2, 0.25) is 0 Å². The van der Waals surface area contributed by atoms with E-state index in [1.54, 1.807) is 0 Å². The fourth-order valence-corrected chi connectivity index (χ4v) is 1.53. The van der Waals surface area contributed by atoms with Crippen molar-refractivity contribution in [1.29, 1.82) is 0 Å². The Morgan fingerprint density at radius 3 is 1.41 bits per heavy atom. The van der Waals surface area contributed by atoms with Crippen LogP contribution in [0.15, 0.2) is 18.2 Å². The quantitative estimate of drug-likeness (QED) is 0.773. The summed E-state index contributed by atoms with van der Waals surface area (Å²) >= 11 is 0. The number of nitrogens with two attached hydrogens (primary N) is 1. The Bertz CT molecular complexity index is 343. The highest BCUT2D eigenvalue weighted by molar-refractivity contribution is 5.85. The molecule has 0 atom stereocenters. The molecule has 0 fully saturated rings. The van der Waals surface area contributed by atoms with Crippen LogP contribution in [0.4, 0.5) is 0 Å². The van der Waals surface area contributed by atoms with Gasteiger partial charge in [0.2, 0.25) is 0 Å². The van der Waals surface area contributed by atoms with E-state index in [-0.39, 0.29) is 23.2 Å². The van der Waals surface area contributed by atoms with Gasteiger partial charge in [0.1, 0.15) is 5.75 Å². The predicted molar refractivity (Wildman–Crippen MR) is 75.9 cm³/mol. The van der Waals surface area contributed by atoms with Crippen LogP contribution < -0.4 is 10.7 Å². The van der Waals surface area contributed by atoms with Gasteiger partial charge in [-0.2, -0.15) is 5.90 Å². The lowest BCUT2D eigenvalue weighted by atomic mass is 9.80. The number of hydrogen-bond donors (Lipinski definition) is 1. The zero-order valence-corrected chi connectivity index (χ0v) is 12.4. The molecule has 0 aliphatic carbocycles. The van der Waals surface area contributed by atoms with Gasteiger partial charge in [0, 0.05) is 0 Å². The largest absolute Gasteiger partial charge is 0.412 e. The van der Waals surface area contributed by atoms with Crippen LogP contribution in [-0.4, -0.2) is 0 Å². The molecule has 0 bridgehead atoms. The predicted octanol–water partition coefficient (Wildman–Crippen LogP) is 3.96. The van der Waals surface area contributed by atoms with E-state index in [4.69, 9.17) is 10.7 Å². The number of benzene rings is 1. The van der Waals surface area contributed by atoms with Crippen molar-refractivity contribution < 1.29 is 4.84 Å². The van der Waals surface area contributed by atoms with Gasteiger partial charge in [-0.15, -0.1) is 12.4 Å². The fourth-order valence-electron chi connectivity index (χ4n) is 1.53. The molecule has 1 rings (SSSR count). The summed E-state index contributed by atoms with van der Waals surface area (Å²) < 4.78 is 0. The Hall–Kier alpha value is -0.730. The molecular formula is C14H24ClNO. The summed E-state index contributed by atoms with van der Waals surface area (Å²) in [4.78, 5) is 4.89. The third kappa shape index (κ3) is 4.21. The third-order valence-electron chi connectivity index (χ3n) is 2.77. The zero-order valence-electron chi connectivity index (χ0n) is 11.6. The third-order valence-corrected chi connectivity index (χ3v) is 2.77. The van der Waals surface area contributed by atoms with E-state index in [0.29, 0.717) is 0 Å². The van der Waals surface area contributed by atoms with Crippen LogP contribution in [0, 0.1) is 0 Å². The Labute approximate surface area is 111 Å². The van der Waals surface area contributed by atoms with Gasteiger partial charge in [-0.3, -0.25) is 0 Å². The van der Waals surface area contributed by atoms with Crippen molar-refractivity contribution in [2.45, 2.75) is 52.4 Å². The first-order valence-corrected chi connectivity index (χ1v) is 5.67. The minimum absolute atomic E-state index is 0. The molecule has 98 valence electrons. The monoisotopic (exact) mass is 257 g/mol. The molecule has 0 aromatic heterocycles. The number of hydrogen-bond acceptors (Lipinski definition) is 2. The summed E-state index contributed by atoms with van der Waals surface area (Å²) in [5.74, 6) is 6.01. The van der Waals surface area contributed by atoms with E-state index in [1.165, 1.54) is 11.1 Å². The highest BCUT2D eigenvalue weighted by atomic mass is 35.5. The van der Waals surface area contributed by atoms with E-state index in [0.717, 1.165) is 5.75 Å². The average Bonchev–Trinajstić information content (AvgIpc) is 2.14. The van der Waals surface area contributed by atoms with Crippen molar-refractivity contribution in [3.63, 3.8) is 0 Å². The fraction of sp³-hybridized carbons (Fsp3) is 0.571. The Morgan fingerprint density at radius 1 is 0.824 bits per heavy atom. The molecule has 0 amide bonds. The van der Waals surface area contributed by atoms with Crippen LogP contribution in [0.25, 0.3) is 0 Å². The average molecular weight is 258 g/mol. The summed E-state index contributed by atoms with van der Waals surface area (Å²) in [5.41, 5.74) is 2.71. The second-order valence-corrected chi connectivity index (χ2v) is 6.36. The van der Waals surface area contributed by atoms with Crippen molar-refractivity contribution >= 4 is 12.4 Å². The molecule has 0 heterocycles. The Kier molecular flexibility index (Phi) is 5.05. The maximum atomic E-state index is 5.27. The van der Waals surface area contributed by atoms with Gasteiger partial charge in [0.15, 0.2) is 0 Å². The van der Waals surface area contributed by atoms with Crippen LogP contribution in [-0.2, 0) is 10.8 Å². The summed E-state index contributed by atoms with van der Waals surface area (Å²) in [5, 5.41) is 0. The van der Waals surface area contributed by atoms with Gasteiger partial charge in [-0.25, -0.2) is 0 Å².